The molecular weight excluding hydrogens is 182 g/mol. The highest BCUT2D eigenvalue weighted by atomic mass is 14.4. The average Bonchev–Trinajstić information content (AvgIpc) is 2.97. The van der Waals surface area contributed by atoms with Crippen LogP contribution in [-0.2, 0) is 0 Å². The van der Waals surface area contributed by atoms with Crippen LogP contribution in [0, 0.1) is 24.2 Å². The van der Waals surface area contributed by atoms with Crippen LogP contribution in [0.1, 0.15) is 12.0 Å². The molecule has 1 saturated carbocycles. The number of rotatable bonds is 0. The smallest absolute Gasteiger partial charge is 0.0960 e. The van der Waals surface area contributed by atoms with E-state index in [1.54, 1.807) is 0 Å². The van der Waals surface area contributed by atoms with Crippen molar-refractivity contribution >= 4 is 11.6 Å². The van der Waals surface area contributed by atoms with Gasteiger partial charge in [0.2, 0.25) is 0 Å². The first-order valence-corrected chi connectivity index (χ1v) is 5.21. The fraction of sp³-hybridized carbons (Fsp3) is 0.214. The molecule has 3 rings (SSSR count). The highest BCUT2D eigenvalue weighted by Crippen LogP contribution is 2.43. The van der Waals surface area contributed by atoms with Crippen molar-refractivity contribution in [2.75, 3.05) is 0 Å². The molecule has 1 aromatic carbocycles. The topological polar surface area (TPSA) is 23.8 Å². The lowest BCUT2D eigenvalue weighted by molar-refractivity contribution is 1.18. The standard InChI is InChI=1S/C14H11N/c1-9-2-5-12-10(6-9)3-4-11-7-13(11)14(12)8-15/h2-6,13H,7H2,1H3. The van der Waals surface area contributed by atoms with Gasteiger partial charge in [-0.25, -0.2) is 0 Å². The Labute approximate surface area is 88.7 Å². The average molecular weight is 193 g/mol. The molecule has 0 radical (unpaired) electrons. The summed E-state index contributed by atoms with van der Waals surface area (Å²) in [5.41, 5.74) is 3.60. The monoisotopic (exact) mass is 193 g/mol. The van der Waals surface area contributed by atoms with Crippen molar-refractivity contribution in [2.45, 2.75) is 13.3 Å². The van der Waals surface area contributed by atoms with E-state index in [0.29, 0.717) is 5.92 Å². The molecule has 0 aromatic heterocycles. The molecule has 0 aliphatic heterocycles. The number of allylic oxidation sites excluding steroid dienone is 2. The Balaban J connectivity index is 2.45. The Hall–Kier alpha value is -1.81. The lowest BCUT2D eigenvalue weighted by Gasteiger charge is -1.96. The summed E-state index contributed by atoms with van der Waals surface area (Å²) >= 11 is 0. The zero-order valence-corrected chi connectivity index (χ0v) is 8.62. The molecular formula is C14H11N. The van der Waals surface area contributed by atoms with Crippen LogP contribution in [0.25, 0.3) is 11.6 Å². The molecule has 72 valence electrons. The van der Waals surface area contributed by atoms with Gasteiger partial charge in [-0.3, -0.25) is 0 Å². The molecule has 1 aromatic rings. The van der Waals surface area contributed by atoms with Gasteiger partial charge in [0.25, 0.3) is 0 Å². The summed E-state index contributed by atoms with van der Waals surface area (Å²) in [6, 6.07) is 8.67. The van der Waals surface area contributed by atoms with Crippen molar-refractivity contribution in [2.24, 2.45) is 5.92 Å². The second-order valence-corrected chi connectivity index (χ2v) is 4.28. The van der Waals surface area contributed by atoms with Crippen molar-refractivity contribution in [3.63, 3.8) is 0 Å². The Morgan fingerprint density at radius 1 is 1.33 bits per heavy atom. The number of aryl methyl sites for hydroxylation is 1. The summed E-state index contributed by atoms with van der Waals surface area (Å²) in [5.74, 6) is 0.412. The fourth-order valence-electron chi connectivity index (χ4n) is 2.24. The van der Waals surface area contributed by atoms with Gasteiger partial charge in [-0.2, -0.15) is 5.26 Å². The summed E-state index contributed by atoms with van der Waals surface area (Å²) in [6.07, 6.45) is 5.39. The van der Waals surface area contributed by atoms with E-state index in [-0.39, 0.29) is 0 Å². The molecule has 0 heterocycles. The van der Waals surface area contributed by atoms with E-state index >= 15 is 0 Å². The minimum absolute atomic E-state index is 0.412. The van der Waals surface area contributed by atoms with Gasteiger partial charge in [0.1, 0.15) is 0 Å². The molecule has 2 aliphatic carbocycles. The molecule has 1 atom stereocenters. The van der Waals surface area contributed by atoms with Gasteiger partial charge in [0.05, 0.1) is 6.07 Å². The van der Waals surface area contributed by atoms with E-state index in [9.17, 15) is 5.26 Å². The van der Waals surface area contributed by atoms with Gasteiger partial charge < -0.3 is 0 Å². The normalized spacial score (nSPS) is 21.5. The minimum Gasteiger partial charge on any atom is -0.193 e. The lowest BCUT2D eigenvalue weighted by Crippen LogP contribution is -2.26. The number of nitriles is 1. The van der Waals surface area contributed by atoms with Crippen molar-refractivity contribution in [1.82, 2.24) is 0 Å². The van der Waals surface area contributed by atoms with Crippen LogP contribution in [0.3, 0.4) is 0 Å². The zero-order chi connectivity index (χ0) is 10.4. The Morgan fingerprint density at radius 2 is 2.20 bits per heavy atom. The number of nitrogens with zero attached hydrogens (tertiary/aromatic N) is 1. The zero-order valence-electron chi connectivity index (χ0n) is 8.62. The van der Waals surface area contributed by atoms with Crippen LogP contribution in [0.15, 0.2) is 29.8 Å². The van der Waals surface area contributed by atoms with Gasteiger partial charge in [0, 0.05) is 11.5 Å². The molecule has 0 spiro atoms. The van der Waals surface area contributed by atoms with Crippen LogP contribution in [0.2, 0.25) is 0 Å². The Kier molecular flexibility index (Phi) is 1.61. The van der Waals surface area contributed by atoms with E-state index in [1.165, 1.54) is 16.4 Å². The van der Waals surface area contributed by atoms with E-state index in [0.717, 1.165) is 17.2 Å². The number of hydrogen-bond donors (Lipinski definition) is 0. The maximum Gasteiger partial charge on any atom is 0.0960 e. The minimum atomic E-state index is 0.412. The largest absolute Gasteiger partial charge is 0.193 e. The lowest BCUT2D eigenvalue weighted by atomic mass is 10.1. The van der Waals surface area contributed by atoms with Gasteiger partial charge >= 0.3 is 0 Å². The van der Waals surface area contributed by atoms with Gasteiger partial charge in [-0.15, -0.1) is 0 Å². The van der Waals surface area contributed by atoms with Crippen LogP contribution < -0.4 is 10.4 Å². The van der Waals surface area contributed by atoms with Crippen molar-refractivity contribution < 1.29 is 0 Å². The SMILES string of the molecule is Cc1ccc2c(c1)=CC=C1CC1C=2C#N. The van der Waals surface area contributed by atoms with E-state index < -0.39 is 0 Å². The molecule has 0 bridgehead atoms. The molecule has 0 amide bonds. The van der Waals surface area contributed by atoms with E-state index in [2.05, 4.69) is 43.3 Å². The third-order valence-corrected chi connectivity index (χ3v) is 3.17. The molecule has 1 unspecified atom stereocenters. The fourth-order valence-corrected chi connectivity index (χ4v) is 2.24. The van der Waals surface area contributed by atoms with Crippen molar-refractivity contribution in [3.8, 4) is 6.07 Å². The molecule has 0 N–H and O–H groups in total. The summed E-state index contributed by atoms with van der Waals surface area (Å²) in [7, 11) is 0. The summed E-state index contributed by atoms with van der Waals surface area (Å²) in [4.78, 5) is 0. The van der Waals surface area contributed by atoms with Crippen LogP contribution >= 0.6 is 0 Å². The van der Waals surface area contributed by atoms with Crippen LogP contribution in [0.5, 0.6) is 0 Å². The third kappa shape index (κ3) is 1.22. The first-order valence-electron chi connectivity index (χ1n) is 5.21. The van der Waals surface area contributed by atoms with E-state index in [4.69, 9.17) is 0 Å². The maximum atomic E-state index is 9.20. The molecule has 1 fully saturated rings. The summed E-state index contributed by atoms with van der Waals surface area (Å²) in [5, 5.41) is 11.5. The Morgan fingerprint density at radius 3 is 3.00 bits per heavy atom. The second-order valence-electron chi connectivity index (χ2n) is 4.28. The Bertz CT molecular complexity index is 626. The van der Waals surface area contributed by atoms with Crippen LogP contribution in [0.4, 0.5) is 0 Å². The predicted octanol–water partition coefficient (Wildman–Crippen LogP) is 1.41. The summed E-state index contributed by atoms with van der Waals surface area (Å²) in [6.45, 7) is 2.08. The predicted molar refractivity (Wildman–Crippen MR) is 60.1 cm³/mol. The molecule has 2 aliphatic rings. The quantitative estimate of drug-likeness (QED) is 0.611. The van der Waals surface area contributed by atoms with E-state index in [1.807, 2.05) is 0 Å². The van der Waals surface area contributed by atoms with Crippen LogP contribution in [-0.4, -0.2) is 0 Å². The highest BCUT2D eigenvalue weighted by Gasteiger charge is 2.34. The first kappa shape index (κ1) is 8.49. The van der Waals surface area contributed by atoms with Gasteiger partial charge in [0.15, 0.2) is 0 Å². The van der Waals surface area contributed by atoms with Gasteiger partial charge in [-0.05, 0) is 23.8 Å². The molecule has 15 heavy (non-hydrogen) atoms. The third-order valence-electron chi connectivity index (χ3n) is 3.17. The summed E-state index contributed by atoms with van der Waals surface area (Å²) < 4.78 is 0. The second kappa shape index (κ2) is 2.84. The molecule has 1 heteroatoms. The number of hydrogen-bond acceptors (Lipinski definition) is 1. The number of benzene rings is 1. The molecule has 0 saturated heterocycles. The first-order chi connectivity index (χ1) is 7.29. The maximum absolute atomic E-state index is 9.20. The highest BCUT2D eigenvalue weighted by molar-refractivity contribution is 5.73. The molecule has 1 nitrogen and oxygen atoms in total. The van der Waals surface area contributed by atoms with Gasteiger partial charge in [-0.1, -0.05) is 41.5 Å². The van der Waals surface area contributed by atoms with Crippen molar-refractivity contribution in [1.29, 1.82) is 5.26 Å². The number of fused-ring (bicyclic) bond motifs is 2. The van der Waals surface area contributed by atoms with Crippen molar-refractivity contribution in [3.05, 3.63) is 45.8 Å².